The molecule has 0 bridgehead atoms. The van der Waals surface area contributed by atoms with Crippen molar-refractivity contribution >= 4 is 28.8 Å². The molecule has 0 spiro atoms. The van der Waals surface area contributed by atoms with Gasteiger partial charge in [0.25, 0.3) is 5.91 Å². The SMILES string of the molecule is O=C([C@H]1CCCO1)N1CCN(Cc2csc(Cc3ccc(Cl)cc3)n2)CC1. The van der Waals surface area contributed by atoms with Crippen LogP contribution in [0.5, 0.6) is 0 Å². The Morgan fingerprint density at radius 2 is 2.00 bits per heavy atom. The zero-order valence-corrected chi connectivity index (χ0v) is 16.8. The van der Waals surface area contributed by atoms with Gasteiger partial charge in [0.2, 0.25) is 0 Å². The van der Waals surface area contributed by atoms with Crippen molar-refractivity contribution in [3.8, 4) is 0 Å². The van der Waals surface area contributed by atoms with Crippen LogP contribution in [0.1, 0.15) is 29.1 Å². The molecule has 0 unspecified atom stereocenters. The third kappa shape index (κ3) is 4.88. The quantitative estimate of drug-likeness (QED) is 0.766. The standard InChI is InChI=1S/C20H24ClN3O2S/c21-16-5-3-15(4-6-16)12-19-22-17(14-27-19)13-23-7-9-24(10-8-23)20(25)18-2-1-11-26-18/h3-6,14,18H,1-2,7-13H2/t18-/m1/s1. The van der Waals surface area contributed by atoms with Gasteiger partial charge in [0.05, 0.1) is 10.7 Å². The maximum absolute atomic E-state index is 12.4. The minimum Gasteiger partial charge on any atom is -0.368 e. The number of hydrogen-bond donors (Lipinski definition) is 0. The summed E-state index contributed by atoms with van der Waals surface area (Å²) in [4.78, 5) is 21.5. The Morgan fingerprint density at radius 1 is 1.22 bits per heavy atom. The number of rotatable bonds is 5. The molecule has 144 valence electrons. The first-order chi connectivity index (χ1) is 13.2. The second kappa shape index (κ2) is 8.69. The first kappa shape index (κ1) is 18.9. The summed E-state index contributed by atoms with van der Waals surface area (Å²) in [6.45, 7) is 4.91. The molecular formula is C20H24ClN3O2S. The number of piperazine rings is 1. The largest absolute Gasteiger partial charge is 0.368 e. The predicted molar refractivity (Wildman–Crippen MR) is 107 cm³/mol. The summed E-state index contributed by atoms with van der Waals surface area (Å²) in [6, 6.07) is 7.94. The lowest BCUT2D eigenvalue weighted by Gasteiger charge is -2.35. The van der Waals surface area contributed by atoms with Crippen molar-refractivity contribution in [3.63, 3.8) is 0 Å². The number of benzene rings is 1. The van der Waals surface area contributed by atoms with Crippen molar-refractivity contribution in [2.75, 3.05) is 32.8 Å². The van der Waals surface area contributed by atoms with Crippen LogP contribution in [-0.2, 0) is 22.5 Å². The summed E-state index contributed by atoms with van der Waals surface area (Å²) >= 11 is 7.65. The third-order valence-corrected chi connectivity index (χ3v) is 6.29. The average molecular weight is 406 g/mol. The van der Waals surface area contributed by atoms with E-state index in [9.17, 15) is 4.79 Å². The second-order valence-corrected chi connectivity index (χ2v) is 8.52. The van der Waals surface area contributed by atoms with E-state index in [4.69, 9.17) is 21.3 Å². The van der Waals surface area contributed by atoms with Crippen molar-refractivity contribution in [2.45, 2.75) is 31.9 Å². The smallest absolute Gasteiger partial charge is 0.251 e. The number of ether oxygens (including phenoxy) is 1. The molecule has 2 aliphatic rings. The highest BCUT2D eigenvalue weighted by molar-refractivity contribution is 7.09. The molecule has 5 nitrogen and oxygen atoms in total. The zero-order chi connectivity index (χ0) is 18.6. The van der Waals surface area contributed by atoms with Gasteiger partial charge >= 0.3 is 0 Å². The molecule has 27 heavy (non-hydrogen) atoms. The summed E-state index contributed by atoms with van der Waals surface area (Å²) in [5.41, 5.74) is 2.34. The van der Waals surface area contributed by atoms with Crippen LogP contribution in [0.3, 0.4) is 0 Å². The van der Waals surface area contributed by atoms with Crippen LogP contribution in [0.25, 0.3) is 0 Å². The van der Waals surface area contributed by atoms with E-state index in [0.717, 1.165) is 74.3 Å². The van der Waals surface area contributed by atoms with E-state index in [2.05, 4.69) is 10.3 Å². The molecule has 0 aliphatic carbocycles. The van der Waals surface area contributed by atoms with Crippen LogP contribution in [0.2, 0.25) is 5.02 Å². The molecule has 4 rings (SSSR count). The number of halogens is 1. The summed E-state index contributed by atoms with van der Waals surface area (Å²) in [6.07, 6.45) is 2.50. The molecule has 1 aromatic carbocycles. The predicted octanol–water partition coefficient (Wildman–Crippen LogP) is 3.21. The molecule has 0 radical (unpaired) electrons. The number of carbonyl (C=O) groups excluding carboxylic acids is 1. The Labute approximate surface area is 168 Å². The van der Waals surface area contributed by atoms with Crippen LogP contribution in [-0.4, -0.2) is 59.6 Å². The molecule has 2 aromatic rings. The van der Waals surface area contributed by atoms with Crippen LogP contribution in [0, 0.1) is 0 Å². The maximum Gasteiger partial charge on any atom is 0.251 e. The molecule has 2 saturated heterocycles. The Kier molecular flexibility index (Phi) is 6.08. The topological polar surface area (TPSA) is 45.7 Å². The Bertz CT molecular complexity index is 766. The highest BCUT2D eigenvalue weighted by atomic mass is 35.5. The van der Waals surface area contributed by atoms with Gasteiger partial charge in [0, 0.05) is 56.2 Å². The first-order valence-electron chi connectivity index (χ1n) is 9.48. The van der Waals surface area contributed by atoms with Gasteiger partial charge in [-0.1, -0.05) is 23.7 Å². The van der Waals surface area contributed by atoms with Gasteiger partial charge in [0.1, 0.15) is 6.10 Å². The van der Waals surface area contributed by atoms with E-state index in [1.807, 2.05) is 29.2 Å². The van der Waals surface area contributed by atoms with Gasteiger partial charge in [-0.2, -0.15) is 0 Å². The summed E-state index contributed by atoms with van der Waals surface area (Å²) < 4.78 is 5.53. The van der Waals surface area contributed by atoms with Gasteiger partial charge in [-0.3, -0.25) is 9.69 Å². The lowest BCUT2D eigenvalue weighted by molar-refractivity contribution is -0.142. The van der Waals surface area contributed by atoms with Crippen LogP contribution in [0.4, 0.5) is 0 Å². The van der Waals surface area contributed by atoms with Crippen molar-refractivity contribution in [1.82, 2.24) is 14.8 Å². The number of thiazole rings is 1. The Balaban J connectivity index is 1.26. The average Bonchev–Trinajstić information content (AvgIpc) is 3.36. The lowest BCUT2D eigenvalue weighted by Crippen LogP contribution is -2.51. The fourth-order valence-corrected chi connectivity index (χ4v) is 4.56. The van der Waals surface area contributed by atoms with E-state index in [1.54, 1.807) is 11.3 Å². The van der Waals surface area contributed by atoms with Crippen LogP contribution < -0.4 is 0 Å². The van der Waals surface area contributed by atoms with Gasteiger partial charge in [0.15, 0.2) is 0 Å². The number of carbonyl (C=O) groups is 1. The monoisotopic (exact) mass is 405 g/mol. The number of hydrogen-bond acceptors (Lipinski definition) is 5. The highest BCUT2D eigenvalue weighted by Crippen LogP contribution is 2.19. The molecule has 0 saturated carbocycles. The minimum atomic E-state index is -0.203. The molecule has 2 aliphatic heterocycles. The van der Waals surface area contributed by atoms with Crippen molar-refractivity contribution in [1.29, 1.82) is 0 Å². The third-order valence-electron chi connectivity index (χ3n) is 5.14. The Hall–Kier alpha value is -1.47. The van der Waals surface area contributed by atoms with Gasteiger partial charge in [-0.25, -0.2) is 4.98 Å². The molecule has 1 aromatic heterocycles. The van der Waals surface area contributed by atoms with Gasteiger partial charge < -0.3 is 9.64 Å². The van der Waals surface area contributed by atoms with E-state index < -0.39 is 0 Å². The number of nitrogens with zero attached hydrogens (tertiary/aromatic N) is 3. The molecule has 0 N–H and O–H groups in total. The zero-order valence-electron chi connectivity index (χ0n) is 15.3. The van der Waals surface area contributed by atoms with Gasteiger partial charge in [-0.05, 0) is 30.5 Å². The molecule has 7 heteroatoms. The van der Waals surface area contributed by atoms with E-state index >= 15 is 0 Å². The normalized spacial score (nSPS) is 20.9. The van der Waals surface area contributed by atoms with E-state index in [1.165, 1.54) is 5.56 Å². The van der Waals surface area contributed by atoms with Crippen molar-refractivity contribution < 1.29 is 9.53 Å². The molecule has 3 heterocycles. The number of aromatic nitrogens is 1. The van der Waals surface area contributed by atoms with E-state index in [0.29, 0.717) is 0 Å². The van der Waals surface area contributed by atoms with Crippen molar-refractivity contribution in [3.05, 3.63) is 50.9 Å². The van der Waals surface area contributed by atoms with Crippen LogP contribution >= 0.6 is 22.9 Å². The molecular weight excluding hydrogens is 382 g/mol. The second-order valence-electron chi connectivity index (χ2n) is 7.14. The molecule has 1 amide bonds. The lowest BCUT2D eigenvalue weighted by atomic mass is 10.2. The highest BCUT2D eigenvalue weighted by Gasteiger charge is 2.30. The molecule has 2 fully saturated rings. The number of amides is 1. The summed E-state index contributed by atoms with van der Waals surface area (Å²) in [5, 5.41) is 4.03. The van der Waals surface area contributed by atoms with Crippen molar-refractivity contribution in [2.24, 2.45) is 0 Å². The summed E-state index contributed by atoms with van der Waals surface area (Å²) in [5.74, 6) is 0.172. The van der Waals surface area contributed by atoms with Crippen LogP contribution in [0.15, 0.2) is 29.6 Å². The summed E-state index contributed by atoms with van der Waals surface area (Å²) in [7, 11) is 0. The van der Waals surface area contributed by atoms with Gasteiger partial charge in [-0.15, -0.1) is 11.3 Å². The maximum atomic E-state index is 12.4. The Morgan fingerprint density at radius 3 is 2.70 bits per heavy atom. The fraction of sp³-hybridized carbons (Fsp3) is 0.500. The van der Waals surface area contributed by atoms with E-state index in [-0.39, 0.29) is 12.0 Å². The minimum absolute atomic E-state index is 0.172. The fourth-order valence-electron chi connectivity index (χ4n) is 3.61. The first-order valence-corrected chi connectivity index (χ1v) is 10.7. The molecule has 1 atom stereocenters.